The van der Waals surface area contributed by atoms with Crippen LogP contribution in [0.5, 0.6) is 0 Å². The van der Waals surface area contributed by atoms with E-state index in [0.717, 1.165) is 16.8 Å². The minimum atomic E-state index is 0.856. The van der Waals surface area contributed by atoms with Crippen molar-refractivity contribution in [2.75, 3.05) is 0 Å². The quantitative estimate of drug-likeness (QED) is 0.552. The summed E-state index contributed by atoms with van der Waals surface area (Å²) in [6.07, 6.45) is 6.08. The van der Waals surface area contributed by atoms with Crippen LogP contribution in [0.2, 0.25) is 0 Å². The third-order valence-electron chi connectivity index (χ3n) is 3.89. The minimum Gasteiger partial charge on any atom is -0.265 e. The molecule has 0 spiro atoms. The summed E-state index contributed by atoms with van der Waals surface area (Å²) in [5, 5.41) is 13.3. The second-order valence-corrected chi connectivity index (χ2v) is 5.35. The average Bonchev–Trinajstić information content (AvgIpc) is 3.14. The maximum atomic E-state index is 4.21. The highest BCUT2D eigenvalue weighted by Crippen LogP contribution is 2.31. The Bertz CT molecular complexity index is 955. The van der Waals surface area contributed by atoms with Crippen LogP contribution in [-0.2, 0) is 0 Å². The second-order valence-electron chi connectivity index (χ2n) is 5.35. The summed E-state index contributed by atoms with van der Waals surface area (Å²) >= 11 is 0. The van der Waals surface area contributed by atoms with Gasteiger partial charge in [0.2, 0.25) is 0 Å². The monoisotopic (exact) mass is 297 g/mol. The van der Waals surface area contributed by atoms with Crippen molar-refractivity contribution in [1.82, 2.24) is 15.4 Å². The zero-order chi connectivity index (χ0) is 15.5. The van der Waals surface area contributed by atoms with Gasteiger partial charge in [0, 0.05) is 5.56 Å². The van der Waals surface area contributed by atoms with E-state index >= 15 is 0 Å². The lowest BCUT2D eigenvalue weighted by atomic mass is 9.96. The second kappa shape index (κ2) is 5.89. The maximum absolute atomic E-state index is 4.21. The molecule has 0 radical (unpaired) electrons. The molecule has 23 heavy (non-hydrogen) atoms. The van der Waals surface area contributed by atoms with E-state index in [1.54, 1.807) is 0 Å². The van der Waals surface area contributed by atoms with Gasteiger partial charge in [-0.25, -0.2) is 0 Å². The Morgan fingerprint density at radius 1 is 0.783 bits per heavy atom. The number of aromatic nitrogens is 3. The number of H-pyrrole nitrogens is 1. The molecule has 0 atom stereocenters. The fourth-order valence-electron chi connectivity index (χ4n) is 2.79. The number of rotatable bonds is 3. The highest BCUT2D eigenvalue weighted by Gasteiger charge is 2.10. The molecule has 1 heterocycles. The van der Waals surface area contributed by atoms with Crippen LogP contribution in [0.1, 0.15) is 11.1 Å². The van der Waals surface area contributed by atoms with Gasteiger partial charge in [-0.1, -0.05) is 84.1 Å². The van der Waals surface area contributed by atoms with Gasteiger partial charge >= 0.3 is 0 Å². The van der Waals surface area contributed by atoms with E-state index in [0.29, 0.717) is 0 Å². The van der Waals surface area contributed by atoms with Crippen LogP contribution >= 0.6 is 0 Å². The van der Waals surface area contributed by atoms with E-state index < -0.39 is 0 Å². The Morgan fingerprint density at radius 2 is 1.61 bits per heavy atom. The molecule has 0 aliphatic heterocycles. The molecule has 3 heteroatoms. The predicted molar refractivity (Wildman–Crippen MR) is 94.7 cm³/mol. The number of hydrogen-bond donors (Lipinski definition) is 1. The van der Waals surface area contributed by atoms with Crippen LogP contribution < -0.4 is 0 Å². The van der Waals surface area contributed by atoms with Crippen LogP contribution in [0.15, 0.2) is 72.9 Å². The molecule has 4 rings (SSSR count). The minimum absolute atomic E-state index is 0.856. The lowest BCUT2D eigenvalue weighted by Gasteiger charge is -2.08. The molecular weight excluding hydrogens is 282 g/mol. The number of hydrogen-bond acceptors (Lipinski definition) is 2. The highest BCUT2D eigenvalue weighted by molar-refractivity contribution is 6.00. The van der Waals surface area contributed by atoms with E-state index in [1.165, 1.54) is 16.3 Å². The first-order valence-corrected chi connectivity index (χ1v) is 7.53. The van der Waals surface area contributed by atoms with Crippen LogP contribution in [0.4, 0.5) is 0 Å². The summed E-state index contributed by atoms with van der Waals surface area (Å²) < 4.78 is 0. The number of aromatic amines is 1. The molecule has 0 bridgehead atoms. The van der Waals surface area contributed by atoms with E-state index in [2.05, 4.69) is 70.0 Å². The summed E-state index contributed by atoms with van der Waals surface area (Å²) in [4.78, 5) is 0. The SMILES string of the molecule is C(=Cc1ccc2ccccc2c1-c1c[nH]nn1)c1ccccc1. The van der Waals surface area contributed by atoms with Gasteiger partial charge in [0.15, 0.2) is 0 Å². The van der Waals surface area contributed by atoms with Crippen molar-refractivity contribution < 1.29 is 0 Å². The van der Waals surface area contributed by atoms with Gasteiger partial charge in [-0.05, 0) is 21.9 Å². The largest absolute Gasteiger partial charge is 0.265 e. The fraction of sp³-hybridized carbons (Fsp3) is 0. The summed E-state index contributed by atoms with van der Waals surface area (Å²) in [5.41, 5.74) is 4.26. The summed E-state index contributed by atoms with van der Waals surface area (Å²) in [7, 11) is 0. The van der Waals surface area contributed by atoms with Crippen molar-refractivity contribution in [2.24, 2.45) is 0 Å². The summed E-state index contributed by atoms with van der Waals surface area (Å²) in [6, 6.07) is 22.9. The van der Waals surface area contributed by atoms with Crippen LogP contribution in [0.25, 0.3) is 34.2 Å². The number of benzene rings is 3. The number of nitrogens with zero attached hydrogens (tertiary/aromatic N) is 2. The third-order valence-corrected chi connectivity index (χ3v) is 3.89. The molecule has 0 unspecified atom stereocenters. The topological polar surface area (TPSA) is 41.6 Å². The van der Waals surface area contributed by atoms with Gasteiger partial charge in [-0.3, -0.25) is 5.10 Å². The Hall–Kier alpha value is -3.20. The molecule has 0 aliphatic carbocycles. The molecular formula is C20H15N3. The van der Waals surface area contributed by atoms with Gasteiger partial charge in [0.05, 0.1) is 6.20 Å². The zero-order valence-electron chi connectivity index (χ0n) is 12.5. The Morgan fingerprint density at radius 3 is 2.43 bits per heavy atom. The molecule has 0 aliphatic rings. The van der Waals surface area contributed by atoms with Crippen molar-refractivity contribution in [1.29, 1.82) is 0 Å². The van der Waals surface area contributed by atoms with Gasteiger partial charge < -0.3 is 0 Å². The average molecular weight is 297 g/mol. The third kappa shape index (κ3) is 2.64. The first-order chi connectivity index (χ1) is 11.4. The van der Waals surface area contributed by atoms with E-state index in [9.17, 15) is 0 Å². The lowest BCUT2D eigenvalue weighted by molar-refractivity contribution is 0.942. The Labute approximate surface area is 134 Å². The standard InChI is InChI=1S/C20H15N3/c1-2-6-15(7-3-1)10-11-17-13-12-16-8-4-5-9-18(16)20(17)19-14-21-23-22-19/h1-14H,(H,21,22,23). The first-order valence-electron chi connectivity index (χ1n) is 7.53. The zero-order valence-corrected chi connectivity index (χ0v) is 12.5. The van der Waals surface area contributed by atoms with Crippen molar-refractivity contribution in [2.45, 2.75) is 0 Å². The number of fused-ring (bicyclic) bond motifs is 1. The molecule has 1 N–H and O–H groups in total. The van der Waals surface area contributed by atoms with Gasteiger partial charge in [0.1, 0.15) is 5.69 Å². The van der Waals surface area contributed by atoms with E-state index in [-0.39, 0.29) is 0 Å². The van der Waals surface area contributed by atoms with E-state index in [4.69, 9.17) is 0 Å². The lowest BCUT2D eigenvalue weighted by Crippen LogP contribution is -1.87. The van der Waals surface area contributed by atoms with Crippen molar-refractivity contribution >= 4 is 22.9 Å². The Balaban J connectivity index is 1.89. The smallest absolute Gasteiger partial charge is 0.113 e. The Kier molecular flexibility index (Phi) is 3.45. The van der Waals surface area contributed by atoms with Gasteiger partial charge in [-0.2, -0.15) is 0 Å². The molecule has 0 amide bonds. The van der Waals surface area contributed by atoms with Crippen LogP contribution in [-0.4, -0.2) is 15.4 Å². The molecule has 0 saturated heterocycles. The maximum Gasteiger partial charge on any atom is 0.113 e. The van der Waals surface area contributed by atoms with Gasteiger partial charge in [0.25, 0.3) is 0 Å². The summed E-state index contributed by atoms with van der Waals surface area (Å²) in [5.74, 6) is 0. The first kappa shape index (κ1) is 13.5. The van der Waals surface area contributed by atoms with E-state index in [1.807, 2.05) is 30.5 Å². The van der Waals surface area contributed by atoms with Crippen LogP contribution in [0, 0.1) is 0 Å². The van der Waals surface area contributed by atoms with Crippen molar-refractivity contribution in [3.63, 3.8) is 0 Å². The normalized spacial score (nSPS) is 11.3. The van der Waals surface area contributed by atoms with Crippen LogP contribution in [0.3, 0.4) is 0 Å². The summed E-state index contributed by atoms with van der Waals surface area (Å²) in [6.45, 7) is 0. The molecule has 110 valence electrons. The molecule has 3 nitrogen and oxygen atoms in total. The fourth-order valence-corrected chi connectivity index (χ4v) is 2.79. The molecule has 0 fully saturated rings. The number of nitrogens with one attached hydrogen (secondary N) is 1. The van der Waals surface area contributed by atoms with Gasteiger partial charge in [-0.15, -0.1) is 5.10 Å². The predicted octanol–water partition coefficient (Wildman–Crippen LogP) is 4.80. The molecule has 1 aromatic heterocycles. The van der Waals surface area contributed by atoms with Crippen molar-refractivity contribution in [3.8, 4) is 11.3 Å². The highest BCUT2D eigenvalue weighted by atomic mass is 15.3. The molecule has 4 aromatic rings. The molecule has 0 saturated carbocycles. The molecule has 3 aromatic carbocycles. The van der Waals surface area contributed by atoms with Crippen molar-refractivity contribution in [3.05, 3.63) is 84.1 Å².